The zero-order valence-corrected chi connectivity index (χ0v) is 17.0. The van der Waals surface area contributed by atoms with Crippen LogP contribution in [0.1, 0.15) is 11.1 Å². The summed E-state index contributed by atoms with van der Waals surface area (Å²) in [6, 6.07) is 15.8. The van der Waals surface area contributed by atoms with Crippen LogP contribution in [0.4, 0.5) is 4.39 Å². The standard InChI is InChI=1S/C24H19FN4O2/c1-14-10-15(12-30)11-20-22(14)31-24(27-20)19-5-3-4-18(16-6-8-17(25)9-7-16)21(19)23-28-26-13-29(23)2/h3-11,13,30H,12H2,1-2H3. The lowest BCUT2D eigenvalue weighted by molar-refractivity contribution is 0.282. The third-order valence-electron chi connectivity index (χ3n) is 5.30. The van der Waals surface area contributed by atoms with Crippen molar-refractivity contribution in [3.05, 3.63) is 77.9 Å². The summed E-state index contributed by atoms with van der Waals surface area (Å²) in [5, 5.41) is 17.9. The lowest BCUT2D eigenvalue weighted by Gasteiger charge is -2.13. The Morgan fingerprint density at radius 1 is 1.06 bits per heavy atom. The van der Waals surface area contributed by atoms with Crippen molar-refractivity contribution in [3.63, 3.8) is 0 Å². The Bertz CT molecular complexity index is 1400. The van der Waals surface area contributed by atoms with Gasteiger partial charge in [0.1, 0.15) is 17.7 Å². The Labute approximate surface area is 177 Å². The van der Waals surface area contributed by atoms with Crippen molar-refractivity contribution in [3.8, 4) is 34.0 Å². The number of hydrogen-bond acceptors (Lipinski definition) is 5. The van der Waals surface area contributed by atoms with E-state index in [0.717, 1.165) is 33.4 Å². The SMILES string of the molecule is Cc1cc(CO)cc2nc(-c3cccc(-c4ccc(F)cc4)c3-c3nncn3C)oc12. The first-order chi connectivity index (χ1) is 15.0. The quantitative estimate of drug-likeness (QED) is 0.453. The normalized spacial score (nSPS) is 11.4. The van der Waals surface area contributed by atoms with Gasteiger partial charge in [-0.25, -0.2) is 9.37 Å². The maximum Gasteiger partial charge on any atom is 0.228 e. The second-order valence-corrected chi connectivity index (χ2v) is 7.44. The van der Waals surface area contributed by atoms with Crippen molar-refractivity contribution in [2.45, 2.75) is 13.5 Å². The number of halogens is 1. The lowest BCUT2D eigenvalue weighted by Crippen LogP contribution is -1.97. The smallest absolute Gasteiger partial charge is 0.228 e. The van der Waals surface area contributed by atoms with Gasteiger partial charge in [0, 0.05) is 18.2 Å². The molecule has 0 spiro atoms. The predicted molar refractivity (Wildman–Crippen MR) is 115 cm³/mol. The van der Waals surface area contributed by atoms with Crippen LogP contribution in [0.2, 0.25) is 0 Å². The molecule has 0 amide bonds. The summed E-state index contributed by atoms with van der Waals surface area (Å²) in [7, 11) is 1.87. The molecule has 0 bridgehead atoms. The molecule has 5 aromatic rings. The number of aliphatic hydroxyl groups is 1. The molecule has 3 aromatic carbocycles. The molecule has 0 atom stereocenters. The van der Waals surface area contributed by atoms with Crippen LogP contribution in [0, 0.1) is 12.7 Å². The van der Waals surface area contributed by atoms with E-state index in [0.29, 0.717) is 22.8 Å². The molecule has 2 aromatic heterocycles. The highest BCUT2D eigenvalue weighted by Crippen LogP contribution is 2.40. The monoisotopic (exact) mass is 414 g/mol. The lowest BCUT2D eigenvalue weighted by atomic mass is 9.94. The Morgan fingerprint density at radius 2 is 1.84 bits per heavy atom. The largest absolute Gasteiger partial charge is 0.436 e. The van der Waals surface area contributed by atoms with E-state index in [1.807, 2.05) is 48.9 Å². The Kier molecular flexibility index (Phi) is 4.60. The van der Waals surface area contributed by atoms with Gasteiger partial charge in [0.15, 0.2) is 11.4 Å². The highest BCUT2D eigenvalue weighted by Gasteiger charge is 2.21. The van der Waals surface area contributed by atoms with Crippen molar-refractivity contribution in [1.29, 1.82) is 0 Å². The molecule has 5 rings (SSSR count). The fourth-order valence-corrected chi connectivity index (χ4v) is 3.83. The van der Waals surface area contributed by atoms with Gasteiger partial charge in [0.25, 0.3) is 0 Å². The summed E-state index contributed by atoms with van der Waals surface area (Å²) in [5.41, 5.74) is 6.27. The van der Waals surface area contributed by atoms with Crippen molar-refractivity contribution in [2.24, 2.45) is 7.05 Å². The maximum atomic E-state index is 13.5. The number of aryl methyl sites for hydroxylation is 2. The number of aliphatic hydroxyl groups excluding tert-OH is 1. The van der Waals surface area contributed by atoms with Crippen LogP contribution < -0.4 is 0 Å². The van der Waals surface area contributed by atoms with E-state index in [4.69, 9.17) is 9.40 Å². The number of nitrogens with zero attached hydrogens (tertiary/aromatic N) is 4. The van der Waals surface area contributed by atoms with Gasteiger partial charge in [0.05, 0.1) is 6.61 Å². The molecule has 0 aliphatic carbocycles. The van der Waals surface area contributed by atoms with Gasteiger partial charge in [-0.1, -0.05) is 24.3 Å². The van der Waals surface area contributed by atoms with E-state index >= 15 is 0 Å². The third kappa shape index (κ3) is 3.29. The molecule has 0 radical (unpaired) electrons. The molecule has 0 saturated carbocycles. The molecule has 154 valence electrons. The van der Waals surface area contributed by atoms with Crippen molar-refractivity contribution in [2.75, 3.05) is 0 Å². The first-order valence-corrected chi connectivity index (χ1v) is 9.80. The van der Waals surface area contributed by atoms with Crippen molar-refractivity contribution < 1.29 is 13.9 Å². The minimum Gasteiger partial charge on any atom is -0.436 e. The second-order valence-electron chi connectivity index (χ2n) is 7.44. The molecule has 6 nitrogen and oxygen atoms in total. The van der Waals surface area contributed by atoms with Crippen LogP contribution in [0.5, 0.6) is 0 Å². The number of aromatic nitrogens is 4. The molecule has 0 aliphatic heterocycles. The average molecular weight is 414 g/mol. The molecule has 0 unspecified atom stereocenters. The zero-order chi connectivity index (χ0) is 21.5. The van der Waals surface area contributed by atoms with E-state index in [1.165, 1.54) is 12.1 Å². The fourth-order valence-electron chi connectivity index (χ4n) is 3.83. The number of hydrogen-bond donors (Lipinski definition) is 1. The molecule has 2 heterocycles. The summed E-state index contributed by atoms with van der Waals surface area (Å²) >= 11 is 0. The van der Waals surface area contributed by atoms with Crippen LogP contribution in [-0.4, -0.2) is 24.9 Å². The Morgan fingerprint density at radius 3 is 2.55 bits per heavy atom. The minimum atomic E-state index is -0.297. The van der Waals surface area contributed by atoms with Crippen molar-refractivity contribution in [1.82, 2.24) is 19.7 Å². The minimum absolute atomic E-state index is 0.0663. The van der Waals surface area contributed by atoms with Crippen LogP contribution in [0.3, 0.4) is 0 Å². The van der Waals surface area contributed by atoms with Gasteiger partial charge in [-0.3, -0.25) is 0 Å². The summed E-state index contributed by atoms with van der Waals surface area (Å²) in [6.45, 7) is 1.86. The molecular formula is C24H19FN4O2. The van der Waals surface area contributed by atoms with Gasteiger partial charge >= 0.3 is 0 Å². The van der Waals surface area contributed by atoms with Crippen molar-refractivity contribution >= 4 is 11.1 Å². The van der Waals surface area contributed by atoms with E-state index in [9.17, 15) is 9.50 Å². The fraction of sp³-hybridized carbons (Fsp3) is 0.125. The van der Waals surface area contributed by atoms with E-state index in [2.05, 4.69) is 10.2 Å². The summed E-state index contributed by atoms with van der Waals surface area (Å²) in [6.07, 6.45) is 1.63. The molecule has 0 fully saturated rings. The topological polar surface area (TPSA) is 77.0 Å². The summed E-state index contributed by atoms with van der Waals surface area (Å²) in [5.74, 6) is 0.786. The van der Waals surface area contributed by atoms with Crippen LogP contribution >= 0.6 is 0 Å². The number of rotatable bonds is 4. The highest BCUT2D eigenvalue weighted by atomic mass is 19.1. The van der Waals surface area contributed by atoms with E-state index < -0.39 is 0 Å². The molecule has 0 saturated heterocycles. The first-order valence-electron chi connectivity index (χ1n) is 9.80. The summed E-state index contributed by atoms with van der Waals surface area (Å²) < 4.78 is 21.5. The van der Waals surface area contributed by atoms with Crippen LogP contribution in [0.15, 0.2) is 65.3 Å². The Balaban J connectivity index is 1.79. The van der Waals surface area contributed by atoms with E-state index in [1.54, 1.807) is 18.5 Å². The summed E-state index contributed by atoms with van der Waals surface area (Å²) in [4.78, 5) is 4.71. The molecule has 1 N–H and O–H groups in total. The predicted octanol–water partition coefficient (Wildman–Crippen LogP) is 4.90. The molecular weight excluding hydrogens is 395 g/mol. The number of benzene rings is 3. The highest BCUT2D eigenvalue weighted by molar-refractivity contribution is 5.92. The first kappa shape index (κ1) is 19.1. The zero-order valence-electron chi connectivity index (χ0n) is 17.0. The van der Waals surface area contributed by atoms with Crippen LogP contribution in [0.25, 0.3) is 45.1 Å². The maximum absolute atomic E-state index is 13.5. The molecule has 7 heteroatoms. The average Bonchev–Trinajstić information content (AvgIpc) is 3.40. The van der Waals surface area contributed by atoms with Gasteiger partial charge in [-0.15, -0.1) is 10.2 Å². The number of fused-ring (bicyclic) bond motifs is 1. The number of oxazole rings is 1. The van der Waals surface area contributed by atoms with Crippen LogP contribution in [-0.2, 0) is 13.7 Å². The Hall–Kier alpha value is -3.84. The van der Waals surface area contributed by atoms with Gasteiger partial charge in [-0.05, 0) is 59.5 Å². The van der Waals surface area contributed by atoms with Gasteiger partial charge < -0.3 is 14.1 Å². The molecule has 31 heavy (non-hydrogen) atoms. The second kappa shape index (κ2) is 7.45. The third-order valence-corrected chi connectivity index (χ3v) is 5.30. The van der Waals surface area contributed by atoms with E-state index in [-0.39, 0.29) is 12.4 Å². The molecule has 0 aliphatic rings. The van der Waals surface area contributed by atoms with Gasteiger partial charge in [-0.2, -0.15) is 0 Å². The van der Waals surface area contributed by atoms with Gasteiger partial charge in [0.2, 0.25) is 5.89 Å².